The average Bonchev–Trinajstić information content (AvgIpc) is 1.69. The third kappa shape index (κ3) is 1.72. The van der Waals surface area contributed by atoms with Gasteiger partial charge in [0.15, 0.2) is 0 Å². The molecule has 0 aromatic carbocycles. The van der Waals surface area contributed by atoms with Gasteiger partial charge in [-0.1, -0.05) is 13.3 Å². The van der Waals surface area contributed by atoms with Crippen LogP contribution >= 0.6 is 11.8 Å². The molecule has 42 valence electrons. The Balaban J connectivity index is 2.12. The highest BCUT2D eigenvalue weighted by molar-refractivity contribution is 7.99. The first-order chi connectivity index (χ1) is 3.39. The summed E-state index contributed by atoms with van der Waals surface area (Å²) in [7, 11) is 0. The molecule has 1 fully saturated rings. The lowest BCUT2D eigenvalue weighted by molar-refractivity contribution is 0.693. The van der Waals surface area contributed by atoms with Gasteiger partial charge < -0.3 is 0 Å². The fraction of sp³-hybridized carbons (Fsp3) is 1.00. The van der Waals surface area contributed by atoms with E-state index in [4.69, 9.17) is 0 Å². The summed E-state index contributed by atoms with van der Waals surface area (Å²) in [5.41, 5.74) is 0. The summed E-state index contributed by atoms with van der Waals surface area (Å²) in [6.45, 7) is 2.32. The third-order valence-electron chi connectivity index (χ3n) is 1.41. The van der Waals surface area contributed by atoms with E-state index in [1.54, 1.807) is 0 Å². The summed E-state index contributed by atoms with van der Waals surface area (Å²) in [4.78, 5) is 0. The van der Waals surface area contributed by atoms with E-state index in [2.05, 4.69) is 18.7 Å². The standard InChI is InChI=1S/C6H12S/c1-6-4-2-3-5-7-6/h6H,2-5H2,1H3/t6-/m1/s1. The first-order valence-corrected chi connectivity index (χ1v) is 4.06. The van der Waals surface area contributed by atoms with Crippen LogP contribution in [0.4, 0.5) is 0 Å². The average molecular weight is 116 g/mol. The molecule has 0 amide bonds. The zero-order valence-corrected chi connectivity index (χ0v) is 5.63. The van der Waals surface area contributed by atoms with Gasteiger partial charge in [0.25, 0.3) is 0 Å². The van der Waals surface area contributed by atoms with Crippen molar-refractivity contribution in [3.63, 3.8) is 0 Å². The maximum absolute atomic E-state index is 2.32. The quantitative estimate of drug-likeness (QED) is 0.468. The van der Waals surface area contributed by atoms with Crippen molar-refractivity contribution in [1.29, 1.82) is 0 Å². The topological polar surface area (TPSA) is 0 Å². The van der Waals surface area contributed by atoms with Crippen LogP contribution < -0.4 is 0 Å². The normalized spacial score (nSPS) is 33.0. The van der Waals surface area contributed by atoms with E-state index < -0.39 is 0 Å². The van der Waals surface area contributed by atoms with E-state index in [1.807, 2.05) is 0 Å². The van der Waals surface area contributed by atoms with Crippen molar-refractivity contribution in [3.8, 4) is 0 Å². The van der Waals surface area contributed by atoms with Gasteiger partial charge in [-0.3, -0.25) is 0 Å². The molecule has 1 heterocycles. The summed E-state index contributed by atoms with van der Waals surface area (Å²) >= 11 is 2.12. The molecule has 1 heteroatoms. The Bertz CT molecular complexity index is 46.1. The smallest absolute Gasteiger partial charge is 0.00187 e. The zero-order chi connectivity index (χ0) is 5.11. The summed E-state index contributed by atoms with van der Waals surface area (Å²) in [5, 5.41) is 0.953. The second-order valence-electron chi connectivity index (χ2n) is 2.18. The van der Waals surface area contributed by atoms with E-state index in [1.165, 1.54) is 25.0 Å². The minimum atomic E-state index is 0.953. The summed E-state index contributed by atoms with van der Waals surface area (Å²) in [5.74, 6) is 1.40. The Morgan fingerprint density at radius 3 is 2.57 bits per heavy atom. The molecule has 1 aliphatic heterocycles. The first kappa shape index (κ1) is 5.49. The van der Waals surface area contributed by atoms with Crippen molar-refractivity contribution >= 4 is 11.8 Å². The van der Waals surface area contributed by atoms with Crippen molar-refractivity contribution in [2.75, 3.05) is 5.75 Å². The van der Waals surface area contributed by atoms with Crippen LogP contribution in [0.2, 0.25) is 0 Å². The van der Waals surface area contributed by atoms with Gasteiger partial charge >= 0.3 is 0 Å². The molecule has 1 saturated heterocycles. The molecule has 0 aromatic heterocycles. The van der Waals surface area contributed by atoms with Crippen LogP contribution in [0.3, 0.4) is 0 Å². The van der Waals surface area contributed by atoms with E-state index in [0.717, 1.165) is 5.25 Å². The minimum Gasteiger partial charge on any atom is -0.159 e. The lowest BCUT2D eigenvalue weighted by atomic mass is 10.2. The summed E-state index contributed by atoms with van der Waals surface area (Å²) in [6, 6.07) is 0. The first-order valence-electron chi connectivity index (χ1n) is 3.01. The highest BCUT2D eigenvalue weighted by atomic mass is 32.2. The van der Waals surface area contributed by atoms with Crippen LogP contribution in [-0.4, -0.2) is 11.0 Å². The van der Waals surface area contributed by atoms with Crippen LogP contribution in [0.1, 0.15) is 26.2 Å². The lowest BCUT2D eigenvalue weighted by Gasteiger charge is -2.15. The van der Waals surface area contributed by atoms with E-state index in [9.17, 15) is 0 Å². The van der Waals surface area contributed by atoms with Gasteiger partial charge in [0.05, 0.1) is 0 Å². The van der Waals surface area contributed by atoms with Gasteiger partial charge in [0.2, 0.25) is 0 Å². The number of thioether (sulfide) groups is 1. The molecule has 0 radical (unpaired) electrons. The lowest BCUT2D eigenvalue weighted by Crippen LogP contribution is -2.03. The molecule has 0 N–H and O–H groups in total. The molecule has 0 aliphatic carbocycles. The fourth-order valence-electron chi connectivity index (χ4n) is 0.902. The Kier molecular flexibility index (Phi) is 2.04. The molecule has 0 nitrogen and oxygen atoms in total. The number of hydrogen-bond acceptors (Lipinski definition) is 1. The minimum absolute atomic E-state index is 0.953. The second-order valence-corrected chi connectivity index (χ2v) is 3.72. The van der Waals surface area contributed by atoms with Crippen LogP contribution in [0, 0.1) is 0 Å². The number of hydrogen-bond donors (Lipinski definition) is 0. The summed E-state index contributed by atoms with van der Waals surface area (Å²) in [6.07, 6.45) is 4.37. The maximum atomic E-state index is 2.32. The van der Waals surface area contributed by atoms with Gasteiger partial charge in [-0.2, -0.15) is 11.8 Å². The Hall–Kier alpha value is 0.350. The van der Waals surface area contributed by atoms with Gasteiger partial charge in [0.1, 0.15) is 0 Å². The molecular formula is C6H12S. The van der Waals surface area contributed by atoms with E-state index in [0.29, 0.717) is 0 Å². The van der Waals surface area contributed by atoms with Crippen LogP contribution in [0.25, 0.3) is 0 Å². The SMILES string of the molecule is C[C@@H]1CCCCS1. The Labute approximate surface area is 49.7 Å². The van der Waals surface area contributed by atoms with Gasteiger partial charge in [-0.15, -0.1) is 0 Å². The molecular weight excluding hydrogens is 104 g/mol. The highest BCUT2D eigenvalue weighted by Crippen LogP contribution is 2.23. The highest BCUT2D eigenvalue weighted by Gasteiger charge is 2.06. The predicted molar refractivity (Wildman–Crippen MR) is 35.8 cm³/mol. The summed E-state index contributed by atoms with van der Waals surface area (Å²) < 4.78 is 0. The largest absolute Gasteiger partial charge is 0.159 e. The van der Waals surface area contributed by atoms with Gasteiger partial charge in [-0.05, 0) is 18.6 Å². The molecule has 0 spiro atoms. The van der Waals surface area contributed by atoms with Crippen molar-refractivity contribution < 1.29 is 0 Å². The van der Waals surface area contributed by atoms with Crippen LogP contribution in [0.5, 0.6) is 0 Å². The molecule has 1 aliphatic rings. The van der Waals surface area contributed by atoms with Gasteiger partial charge in [-0.25, -0.2) is 0 Å². The third-order valence-corrected chi connectivity index (χ3v) is 2.74. The second kappa shape index (κ2) is 2.61. The molecule has 0 saturated carbocycles. The Morgan fingerprint density at radius 2 is 2.29 bits per heavy atom. The number of rotatable bonds is 0. The van der Waals surface area contributed by atoms with Crippen molar-refractivity contribution in [1.82, 2.24) is 0 Å². The van der Waals surface area contributed by atoms with Gasteiger partial charge in [0, 0.05) is 5.25 Å². The van der Waals surface area contributed by atoms with Crippen LogP contribution in [0.15, 0.2) is 0 Å². The molecule has 0 unspecified atom stereocenters. The van der Waals surface area contributed by atoms with Crippen molar-refractivity contribution in [2.24, 2.45) is 0 Å². The molecule has 7 heavy (non-hydrogen) atoms. The predicted octanol–water partition coefficient (Wildman–Crippen LogP) is 2.29. The van der Waals surface area contributed by atoms with Crippen molar-refractivity contribution in [3.05, 3.63) is 0 Å². The van der Waals surface area contributed by atoms with Crippen molar-refractivity contribution in [2.45, 2.75) is 31.4 Å². The molecule has 1 rings (SSSR count). The Morgan fingerprint density at radius 1 is 1.43 bits per heavy atom. The molecule has 0 bridgehead atoms. The fourth-order valence-corrected chi connectivity index (χ4v) is 2.01. The molecule has 0 aromatic rings. The molecule has 1 atom stereocenters. The monoisotopic (exact) mass is 116 g/mol. The van der Waals surface area contributed by atoms with Crippen LogP contribution in [-0.2, 0) is 0 Å². The van der Waals surface area contributed by atoms with E-state index >= 15 is 0 Å². The van der Waals surface area contributed by atoms with E-state index in [-0.39, 0.29) is 0 Å². The maximum Gasteiger partial charge on any atom is 0.00187 e. The zero-order valence-electron chi connectivity index (χ0n) is 4.81.